The van der Waals surface area contributed by atoms with Gasteiger partial charge in [0.15, 0.2) is 5.65 Å². The maximum Gasteiger partial charge on any atom is 0.258 e. The van der Waals surface area contributed by atoms with Gasteiger partial charge < -0.3 is 15.1 Å². The van der Waals surface area contributed by atoms with Gasteiger partial charge in [0.05, 0.1) is 17.8 Å². The van der Waals surface area contributed by atoms with Gasteiger partial charge in [-0.2, -0.15) is 5.10 Å². The molecule has 4 aromatic rings. The summed E-state index contributed by atoms with van der Waals surface area (Å²) in [6.07, 6.45) is 4.52. The molecule has 12 heteroatoms. The van der Waals surface area contributed by atoms with Gasteiger partial charge in [0.2, 0.25) is 0 Å². The van der Waals surface area contributed by atoms with Gasteiger partial charge in [-0.05, 0) is 61.9 Å². The summed E-state index contributed by atoms with van der Waals surface area (Å²) in [7, 11) is 2.06. The van der Waals surface area contributed by atoms with Crippen LogP contribution >= 0.6 is 11.6 Å². The molecular formula is C29H29ClF3N7O. The molecule has 2 fully saturated rings. The number of piperazine rings is 1. The van der Waals surface area contributed by atoms with Crippen LogP contribution in [-0.4, -0.2) is 70.1 Å². The molecule has 1 atom stereocenters. The number of aromatic nitrogens is 3. The molecule has 1 N–H and O–H groups in total. The predicted octanol–water partition coefficient (Wildman–Crippen LogP) is 5.14. The third-order valence-electron chi connectivity index (χ3n) is 7.84. The number of halogens is 4. The SMILES string of the molecule is CN1CCN(Cc2cc(F)c(C(=O)Nc3cnn4ccc(N5CCC[C@@H]5c5cc(F)ccc5F)nc34)cc2Cl)CC1. The molecule has 2 saturated heterocycles. The van der Waals surface area contributed by atoms with Crippen LogP contribution in [0.3, 0.4) is 0 Å². The predicted molar refractivity (Wildman–Crippen MR) is 151 cm³/mol. The fraction of sp³-hybridized carbons (Fsp3) is 0.345. The summed E-state index contributed by atoms with van der Waals surface area (Å²) in [5, 5.41) is 7.27. The van der Waals surface area contributed by atoms with Crippen LogP contribution in [0.25, 0.3) is 5.65 Å². The number of nitrogens with zero attached hydrogens (tertiary/aromatic N) is 6. The summed E-state index contributed by atoms with van der Waals surface area (Å²) in [4.78, 5) is 24.2. The summed E-state index contributed by atoms with van der Waals surface area (Å²) >= 11 is 6.48. The third-order valence-corrected chi connectivity index (χ3v) is 8.19. The monoisotopic (exact) mass is 583 g/mol. The molecule has 0 spiro atoms. The molecule has 8 nitrogen and oxygen atoms in total. The molecule has 2 aromatic heterocycles. The highest BCUT2D eigenvalue weighted by atomic mass is 35.5. The van der Waals surface area contributed by atoms with E-state index in [0.717, 1.165) is 44.7 Å². The largest absolute Gasteiger partial charge is 0.349 e. The Morgan fingerprint density at radius 2 is 1.85 bits per heavy atom. The van der Waals surface area contributed by atoms with E-state index in [9.17, 15) is 13.6 Å². The highest BCUT2D eigenvalue weighted by molar-refractivity contribution is 6.31. The lowest BCUT2D eigenvalue weighted by atomic mass is 10.0. The number of benzene rings is 2. The minimum atomic E-state index is -0.682. The molecular weight excluding hydrogens is 555 g/mol. The fourth-order valence-electron chi connectivity index (χ4n) is 5.56. The summed E-state index contributed by atoms with van der Waals surface area (Å²) < 4.78 is 45.1. The van der Waals surface area contributed by atoms with Crippen molar-refractivity contribution in [1.82, 2.24) is 24.4 Å². The number of hydrogen-bond donors (Lipinski definition) is 1. The number of anilines is 2. The van der Waals surface area contributed by atoms with Crippen LogP contribution in [0, 0.1) is 17.5 Å². The average Bonchev–Trinajstić information content (AvgIpc) is 3.60. The summed E-state index contributed by atoms with van der Waals surface area (Å²) in [6, 6.07) is 7.47. The van der Waals surface area contributed by atoms with Gasteiger partial charge in [0.25, 0.3) is 5.91 Å². The molecule has 0 aliphatic carbocycles. The standard InChI is InChI=1S/C29H29ClF3N7O/c1-37-9-11-38(12-10-37)17-18-13-24(33)21(15-22(18)30)29(41)35-25-16-34-40-8-6-27(36-28(25)40)39-7-2-3-26(39)20-14-19(31)4-5-23(20)32/h4-6,8,13-16,26H,2-3,7,9-12,17H2,1H3,(H,35,41)/t26-/m1/s1. The van der Waals surface area contributed by atoms with Crippen molar-refractivity contribution >= 4 is 34.7 Å². The Morgan fingerprint density at radius 1 is 1.05 bits per heavy atom. The molecule has 6 rings (SSSR count). The molecule has 2 aromatic carbocycles. The lowest BCUT2D eigenvalue weighted by molar-refractivity contribution is 0.102. The second kappa shape index (κ2) is 11.3. The Morgan fingerprint density at radius 3 is 2.66 bits per heavy atom. The van der Waals surface area contributed by atoms with Crippen LogP contribution in [0.5, 0.6) is 0 Å². The highest BCUT2D eigenvalue weighted by Gasteiger charge is 2.30. The topological polar surface area (TPSA) is 69.0 Å². The zero-order valence-corrected chi connectivity index (χ0v) is 23.2. The Hall–Kier alpha value is -3.67. The smallest absolute Gasteiger partial charge is 0.258 e. The molecule has 1 amide bonds. The number of fused-ring (bicyclic) bond motifs is 1. The molecule has 41 heavy (non-hydrogen) atoms. The van der Waals surface area contributed by atoms with E-state index in [4.69, 9.17) is 11.6 Å². The van der Waals surface area contributed by atoms with Crippen molar-refractivity contribution in [3.8, 4) is 0 Å². The van der Waals surface area contributed by atoms with Gasteiger partial charge in [-0.1, -0.05) is 11.6 Å². The zero-order chi connectivity index (χ0) is 28.7. The quantitative estimate of drug-likeness (QED) is 0.339. The third kappa shape index (κ3) is 5.61. The summed E-state index contributed by atoms with van der Waals surface area (Å²) in [5.41, 5.74) is 1.33. The minimum Gasteiger partial charge on any atom is -0.349 e. The Labute approximate surface area is 240 Å². The van der Waals surface area contributed by atoms with Crippen molar-refractivity contribution in [3.05, 3.63) is 88.0 Å². The normalized spacial score (nSPS) is 18.4. The van der Waals surface area contributed by atoms with E-state index in [0.29, 0.717) is 41.6 Å². The highest BCUT2D eigenvalue weighted by Crippen LogP contribution is 2.37. The van der Waals surface area contributed by atoms with E-state index in [2.05, 4.69) is 32.2 Å². The van der Waals surface area contributed by atoms with Gasteiger partial charge in [0.1, 0.15) is 29.0 Å². The van der Waals surface area contributed by atoms with Gasteiger partial charge in [0, 0.05) is 56.1 Å². The first-order valence-electron chi connectivity index (χ1n) is 13.5. The Balaban J connectivity index is 1.22. The average molecular weight is 584 g/mol. The van der Waals surface area contributed by atoms with E-state index < -0.39 is 23.4 Å². The number of nitrogens with one attached hydrogen (secondary N) is 1. The van der Waals surface area contributed by atoms with Crippen LogP contribution < -0.4 is 10.2 Å². The molecule has 0 radical (unpaired) electrons. The van der Waals surface area contributed by atoms with Crippen LogP contribution in [0.15, 0.2) is 48.8 Å². The Bertz CT molecular complexity index is 1610. The number of rotatable bonds is 6. The molecule has 0 unspecified atom stereocenters. The number of likely N-dealkylation sites (N-methyl/N-ethyl adjacent to an activating group) is 1. The second-order valence-corrected chi connectivity index (χ2v) is 11.0. The first-order chi connectivity index (χ1) is 19.8. The Kier molecular flexibility index (Phi) is 7.58. The maximum absolute atomic E-state index is 15.1. The van der Waals surface area contributed by atoms with E-state index in [1.165, 1.54) is 28.9 Å². The molecule has 2 aliphatic rings. The summed E-state index contributed by atoms with van der Waals surface area (Å²) in [6.45, 7) is 4.67. The molecule has 2 aliphatic heterocycles. The number of amides is 1. The lowest BCUT2D eigenvalue weighted by Crippen LogP contribution is -2.43. The van der Waals surface area contributed by atoms with Gasteiger partial charge in [-0.3, -0.25) is 9.69 Å². The molecule has 0 bridgehead atoms. The van der Waals surface area contributed by atoms with Crippen molar-refractivity contribution in [2.75, 3.05) is 50.0 Å². The summed E-state index contributed by atoms with van der Waals surface area (Å²) in [5.74, 6) is -1.80. The van der Waals surface area contributed by atoms with Crippen molar-refractivity contribution in [3.63, 3.8) is 0 Å². The first kappa shape index (κ1) is 27.5. The van der Waals surface area contributed by atoms with E-state index in [-0.39, 0.29) is 22.9 Å². The van der Waals surface area contributed by atoms with Crippen LogP contribution in [-0.2, 0) is 6.54 Å². The van der Waals surface area contributed by atoms with E-state index >= 15 is 4.39 Å². The molecule has 4 heterocycles. The number of hydrogen-bond acceptors (Lipinski definition) is 6. The lowest BCUT2D eigenvalue weighted by Gasteiger charge is -2.32. The molecule has 214 valence electrons. The van der Waals surface area contributed by atoms with E-state index in [1.54, 1.807) is 12.3 Å². The van der Waals surface area contributed by atoms with Crippen LogP contribution in [0.1, 0.15) is 40.4 Å². The maximum atomic E-state index is 15.1. The van der Waals surface area contributed by atoms with Crippen LogP contribution in [0.4, 0.5) is 24.7 Å². The van der Waals surface area contributed by atoms with Gasteiger partial charge in [-0.25, -0.2) is 22.7 Å². The van der Waals surface area contributed by atoms with E-state index in [1.807, 2.05) is 4.90 Å². The van der Waals surface area contributed by atoms with Gasteiger partial charge >= 0.3 is 0 Å². The van der Waals surface area contributed by atoms with Crippen LogP contribution in [0.2, 0.25) is 5.02 Å². The second-order valence-electron chi connectivity index (χ2n) is 10.6. The molecule has 0 saturated carbocycles. The number of carbonyl (C=O) groups excluding carboxylic acids is 1. The van der Waals surface area contributed by atoms with Crippen molar-refractivity contribution in [1.29, 1.82) is 0 Å². The first-order valence-corrected chi connectivity index (χ1v) is 13.9. The zero-order valence-electron chi connectivity index (χ0n) is 22.5. The van der Waals surface area contributed by atoms with Crippen molar-refractivity contribution < 1.29 is 18.0 Å². The minimum absolute atomic E-state index is 0.186. The number of carbonyl (C=O) groups is 1. The van der Waals surface area contributed by atoms with Gasteiger partial charge in [-0.15, -0.1) is 0 Å². The fourth-order valence-corrected chi connectivity index (χ4v) is 5.78. The van der Waals surface area contributed by atoms with Crippen molar-refractivity contribution in [2.24, 2.45) is 0 Å². The van der Waals surface area contributed by atoms with Crippen molar-refractivity contribution in [2.45, 2.75) is 25.4 Å².